The molecule has 36 heavy (non-hydrogen) atoms. The van der Waals surface area contributed by atoms with Crippen molar-refractivity contribution in [2.75, 3.05) is 52.6 Å². The van der Waals surface area contributed by atoms with Crippen LogP contribution in [0.4, 0.5) is 10.7 Å². The zero-order chi connectivity index (χ0) is 25.8. The summed E-state index contributed by atoms with van der Waals surface area (Å²) in [5.74, 6) is 7.44. The molecular weight excluding hydrogens is 480 g/mol. The number of nitrogen functional groups attached to an aromatic ring is 1. The standard InChI is InChI=1S/C25H31ClN8O2/c1-16-13-29-19(17(2)21(16)36-4)15-34-14-18(20-22(26)30-24(27)31-23(20)34)7-5-6-8-32-9-11-33(12-10-32)25(35)28-3/h13-14H,6,8-12,15H2,1-4H3,(H,28,35)(H2,27,30,31). The molecule has 0 saturated carbocycles. The van der Waals surface area contributed by atoms with Crippen LogP contribution in [-0.2, 0) is 6.54 Å². The minimum atomic E-state index is -0.0277. The van der Waals surface area contributed by atoms with Gasteiger partial charge in [0, 0.05) is 69.7 Å². The molecule has 190 valence electrons. The van der Waals surface area contributed by atoms with E-state index in [4.69, 9.17) is 22.1 Å². The van der Waals surface area contributed by atoms with Gasteiger partial charge in [0.05, 0.1) is 30.3 Å². The van der Waals surface area contributed by atoms with E-state index < -0.39 is 0 Å². The number of nitrogens with two attached hydrogens (primary N) is 1. The molecule has 3 aromatic rings. The fourth-order valence-corrected chi connectivity index (χ4v) is 4.74. The average Bonchev–Trinajstić information content (AvgIpc) is 3.21. The van der Waals surface area contributed by atoms with Crippen molar-refractivity contribution in [3.05, 3.63) is 39.9 Å². The molecule has 4 rings (SSSR count). The van der Waals surface area contributed by atoms with E-state index in [1.165, 1.54) is 0 Å². The third-order valence-electron chi connectivity index (χ3n) is 6.41. The summed E-state index contributed by atoms with van der Waals surface area (Å²) in [5, 5.41) is 3.63. The summed E-state index contributed by atoms with van der Waals surface area (Å²) in [5.41, 5.74) is 10.1. The number of pyridine rings is 1. The highest BCUT2D eigenvalue weighted by molar-refractivity contribution is 6.34. The normalized spacial score (nSPS) is 14.0. The van der Waals surface area contributed by atoms with Crippen LogP contribution in [0.15, 0.2) is 12.4 Å². The molecule has 0 aliphatic carbocycles. The maximum absolute atomic E-state index is 11.8. The van der Waals surface area contributed by atoms with Gasteiger partial charge >= 0.3 is 6.03 Å². The van der Waals surface area contributed by atoms with Gasteiger partial charge in [-0.25, -0.2) is 9.78 Å². The van der Waals surface area contributed by atoms with E-state index in [0.717, 1.165) is 47.8 Å². The van der Waals surface area contributed by atoms with Crippen molar-refractivity contribution in [2.45, 2.75) is 26.8 Å². The number of hydrogen-bond acceptors (Lipinski definition) is 7. The van der Waals surface area contributed by atoms with Crippen molar-refractivity contribution >= 4 is 34.6 Å². The maximum Gasteiger partial charge on any atom is 0.317 e. The molecule has 10 nitrogen and oxygen atoms in total. The highest BCUT2D eigenvalue weighted by Crippen LogP contribution is 2.29. The zero-order valence-electron chi connectivity index (χ0n) is 21.1. The minimum Gasteiger partial charge on any atom is -0.496 e. The largest absolute Gasteiger partial charge is 0.496 e. The first-order valence-electron chi connectivity index (χ1n) is 11.8. The Morgan fingerprint density at radius 2 is 2.00 bits per heavy atom. The molecule has 0 spiro atoms. The summed E-state index contributed by atoms with van der Waals surface area (Å²) < 4.78 is 7.51. The molecule has 0 radical (unpaired) electrons. The first-order valence-corrected chi connectivity index (χ1v) is 12.2. The first-order chi connectivity index (χ1) is 17.3. The van der Waals surface area contributed by atoms with Crippen molar-refractivity contribution in [1.82, 2.24) is 34.6 Å². The predicted octanol–water partition coefficient (Wildman–Crippen LogP) is 2.43. The van der Waals surface area contributed by atoms with Crippen LogP contribution in [-0.4, -0.2) is 82.2 Å². The molecule has 1 fully saturated rings. The van der Waals surface area contributed by atoms with Crippen molar-refractivity contribution < 1.29 is 9.53 Å². The summed E-state index contributed by atoms with van der Waals surface area (Å²) in [4.78, 5) is 29.1. The molecule has 1 aliphatic heterocycles. The summed E-state index contributed by atoms with van der Waals surface area (Å²) in [6.07, 6.45) is 4.42. The summed E-state index contributed by atoms with van der Waals surface area (Å²) >= 11 is 6.48. The van der Waals surface area contributed by atoms with E-state index in [1.807, 2.05) is 29.5 Å². The number of carbonyl (C=O) groups is 1. The quantitative estimate of drug-likeness (QED) is 0.400. The van der Waals surface area contributed by atoms with Crippen LogP contribution < -0.4 is 15.8 Å². The lowest BCUT2D eigenvalue weighted by Crippen LogP contribution is -2.51. The van der Waals surface area contributed by atoms with E-state index in [-0.39, 0.29) is 17.1 Å². The monoisotopic (exact) mass is 510 g/mol. The molecule has 4 heterocycles. The number of hydrogen-bond donors (Lipinski definition) is 2. The van der Waals surface area contributed by atoms with Crippen LogP contribution in [0.5, 0.6) is 5.75 Å². The lowest BCUT2D eigenvalue weighted by atomic mass is 10.1. The number of aryl methyl sites for hydroxylation is 1. The summed E-state index contributed by atoms with van der Waals surface area (Å²) in [6, 6.07) is -0.0277. The maximum atomic E-state index is 11.8. The Morgan fingerprint density at radius 3 is 2.69 bits per heavy atom. The summed E-state index contributed by atoms with van der Waals surface area (Å²) in [6.45, 7) is 8.35. The third-order valence-corrected chi connectivity index (χ3v) is 6.68. The molecule has 1 aliphatic rings. The van der Waals surface area contributed by atoms with Crippen LogP contribution in [0.2, 0.25) is 5.15 Å². The number of urea groups is 1. The zero-order valence-corrected chi connectivity index (χ0v) is 21.8. The highest BCUT2D eigenvalue weighted by atomic mass is 35.5. The lowest BCUT2D eigenvalue weighted by molar-refractivity contribution is 0.142. The van der Waals surface area contributed by atoms with E-state index >= 15 is 0 Å². The fraction of sp³-hybridized carbons (Fsp3) is 0.440. The highest BCUT2D eigenvalue weighted by Gasteiger charge is 2.20. The molecule has 3 N–H and O–H groups in total. The number of carbonyl (C=O) groups excluding carboxylic acids is 1. The average molecular weight is 511 g/mol. The van der Waals surface area contributed by atoms with Crippen molar-refractivity contribution in [3.8, 4) is 17.6 Å². The number of fused-ring (bicyclic) bond motifs is 1. The predicted molar refractivity (Wildman–Crippen MR) is 140 cm³/mol. The molecule has 0 atom stereocenters. The van der Waals surface area contributed by atoms with Gasteiger partial charge in [-0.15, -0.1) is 0 Å². The number of amides is 2. The van der Waals surface area contributed by atoms with Gasteiger partial charge in [0.1, 0.15) is 16.5 Å². The molecule has 1 saturated heterocycles. The minimum absolute atomic E-state index is 0.0277. The van der Waals surface area contributed by atoms with E-state index in [2.05, 4.69) is 37.0 Å². The molecule has 0 unspecified atom stereocenters. The lowest BCUT2D eigenvalue weighted by Gasteiger charge is -2.34. The van der Waals surface area contributed by atoms with E-state index in [0.29, 0.717) is 37.1 Å². The van der Waals surface area contributed by atoms with E-state index in [9.17, 15) is 4.79 Å². The molecule has 0 aromatic carbocycles. The van der Waals surface area contributed by atoms with Crippen molar-refractivity contribution in [3.63, 3.8) is 0 Å². The number of ether oxygens (including phenoxy) is 1. The number of nitrogens with one attached hydrogen (secondary N) is 1. The topological polar surface area (TPSA) is 114 Å². The number of anilines is 1. The Morgan fingerprint density at radius 1 is 1.25 bits per heavy atom. The Kier molecular flexibility index (Phi) is 7.82. The van der Waals surface area contributed by atoms with Gasteiger partial charge < -0.3 is 25.3 Å². The van der Waals surface area contributed by atoms with Gasteiger partial charge in [-0.3, -0.25) is 9.88 Å². The third kappa shape index (κ3) is 5.32. The second-order valence-corrected chi connectivity index (χ2v) is 9.08. The number of aromatic nitrogens is 4. The van der Waals surface area contributed by atoms with Crippen LogP contribution in [0, 0.1) is 25.7 Å². The molecule has 2 amide bonds. The molecule has 11 heteroatoms. The van der Waals surface area contributed by atoms with Gasteiger partial charge in [-0.1, -0.05) is 23.4 Å². The number of nitrogens with zero attached hydrogens (tertiary/aromatic N) is 6. The van der Waals surface area contributed by atoms with Crippen LogP contribution >= 0.6 is 11.6 Å². The number of methoxy groups -OCH3 is 1. The van der Waals surface area contributed by atoms with Crippen LogP contribution in [0.1, 0.15) is 28.8 Å². The second-order valence-electron chi connectivity index (χ2n) is 8.72. The van der Waals surface area contributed by atoms with Crippen molar-refractivity contribution in [1.29, 1.82) is 0 Å². The Balaban J connectivity index is 1.53. The van der Waals surface area contributed by atoms with Gasteiger partial charge in [-0.05, 0) is 13.8 Å². The Labute approximate surface area is 215 Å². The van der Waals surface area contributed by atoms with Gasteiger partial charge in [0.15, 0.2) is 0 Å². The van der Waals surface area contributed by atoms with Crippen molar-refractivity contribution in [2.24, 2.45) is 0 Å². The van der Waals surface area contributed by atoms with Crippen LogP contribution in [0.25, 0.3) is 11.0 Å². The molecular formula is C25H31ClN8O2. The van der Waals surface area contributed by atoms with E-state index in [1.54, 1.807) is 20.4 Å². The molecule has 0 bridgehead atoms. The van der Waals surface area contributed by atoms with Gasteiger partial charge in [0.2, 0.25) is 5.95 Å². The molecule has 3 aromatic heterocycles. The van der Waals surface area contributed by atoms with Crippen LogP contribution in [0.3, 0.4) is 0 Å². The number of piperazine rings is 1. The fourth-order valence-electron chi connectivity index (χ4n) is 4.47. The van der Waals surface area contributed by atoms with Gasteiger partial charge in [-0.2, -0.15) is 4.98 Å². The Bertz CT molecular complexity index is 1340. The number of rotatable bonds is 5. The Hall–Kier alpha value is -3.55. The SMILES string of the molecule is CNC(=O)N1CCN(CCC#Cc2cn(Cc3ncc(C)c(OC)c3C)c3nc(N)nc(Cl)c23)CC1. The number of halogens is 1. The second kappa shape index (κ2) is 11.0. The first kappa shape index (κ1) is 25.5. The summed E-state index contributed by atoms with van der Waals surface area (Å²) in [7, 11) is 3.32. The van der Waals surface area contributed by atoms with Gasteiger partial charge in [0.25, 0.3) is 0 Å². The smallest absolute Gasteiger partial charge is 0.317 e.